The minimum absolute atomic E-state index is 0.146. The quantitative estimate of drug-likeness (QED) is 0.719. The van der Waals surface area contributed by atoms with Gasteiger partial charge in [-0.05, 0) is 56.7 Å². The van der Waals surface area contributed by atoms with Gasteiger partial charge in [0.15, 0.2) is 11.5 Å². The number of nitrogens with zero attached hydrogens (tertiary/aromatic N) is 2. The number of aryl methyl sites for hydroxylation is 1. The summed E-state index contributed by atoms with van der Waals surface area (Å²) in [4.78, 5) is 7.52. The number of nitrogens with one attached hydrogen (secondary N) is 1. The van der Waals surface area contributed by atoms with E-state index in [1.165, 1.54) is 42.9 Å². The standard InChI is InChI=1S/C23H33N3O2/c1-23(2)9-8-17-21(23)22(24-3)16-14-19(27-4)20(15-18(16)25-17)28-13-7-12-26-10-5-6-11-26/h14-15H,5-13H2,1-4H3,(H,24,25). The molecule has 1 aliphatic heterocycles. The van der Waals surface area contributed by atoms with Crippen molar-refractivity contribution >= 4 is 16.6 Å². The van der Waals surface area contributed by atoms with E-state index in [2.05, 4.69) is 36.2 Å². The molecule has 0 radical (unpaired) electrons. The monoisotopic (exact) mass is 383 g/mol. The van der Waals surface area contributed by atoms with Gasteiger partial charge < -0.3 is 19.7 Å². The number of ether oxygens (including phenoxy) is 2. The highest BCUT2D eigenvalue weighted by atomic mass is 16.5. The Kier molecular flexibility index (Phi) is 5.37. The van der Waals surface area contributed by atoms with Crippen LogP contribution in [0.2, 0.25) is 0 Å². The summed E-state index contributed by atoms with van der Waals surface area (Å²) >= 11 is 0. The van der Waals surface area contributed by atoms with E-state index >= 15 is 0 Å². The first-order valence-corrected chi connectivity index (χ1v) is 10.6. The van der Waals surface area contributed by atoms with Crippen molar-refractivity contribution in [2.75, 3.05) is 45.7 Å². The third-order valence-corrected chi connectivity index (χ3v) is 6.33. The maximum absolute atomic E-state index is 6.12. The molecule has 0 amide bonds. The number of hydrogen-bond donors (Lipinski definition) is 1. The number of likely N-dealkylation sites (tertiary alicyclic amines) is 1. The molecular formula is C23H33N3O2. The van der Waals surface area contributed by atoms with Crippen molar-refractivity contribution in [2.45, 2.75) is 51.4 Å². The van der Waals surface area contributed by atoms with Gasteiger partial charge in [-0.2, -0.15) is 0 Å². The van der Waals surface area contributed by atoms with Gasteiger partial charge in [0.1, 0.15) is 0 Å². The van der Waals surface area contributed by atoms with Crippen molar-refractivity contribution in [1.82, 2.24) is 9.88 Å². The second-order valence-electron chi connectivity index (χ2n) is 8.71. The Morgan fingerprint density at radius 2 is 1.96 bits per heavy atom. The van der Waals surface area contributed by atoms with Gasteiger partial charge >= 0.3 is 0 Å². The molecule has 5 heteroatoms. The Labute approximate surface area is 168 Å². The zero-order valence-corrected chi connectivity index (χ0v) is 17.7. The summed E-state index contributed by atoms with van der Waals surface area (Å²) in [5.41, 5.74) is 4.88. The lowest BCUT2D eigenvalue weighted by atomic mass is 9.85. The van der Waals surface area contributed by atoms with Crippen LogP contribution in [0.15, 0.2) is 12.1 Å². The second kappa shape index (κ2) is 7.78. The zero-order valence-electron chi connectivity index (χ0n) is 17.7. The van der Waals surface area contributed by atoms with Gasteiger partial charge in [0.2, 0.25) is 0 Å². The predicted molar refractivity (Wildman–Crippen MR) is 115 cm³/mol. The summed E-state index contributed by atoms with van der Waals surface area (Å²) in [6.07, 6.45) is 5.87. The van der Waals surface area contributed by atoms with E-state index in [-0.39, 0.29) is 5.41 Å². The first kappa shape index (κ1) is 19.3. The summed E-state index contributed by atoms with van der Waals surface area (Å²) < 4.78 is 11.8. The van der Waals surface area contributed by atoms with Crippen LogP contribution >= 0.6 is 0 Å². The zero-order chi connectivity index (χ0) is 19.7. The summed E-state index contributed by atoms with van der Waals surface area (Å²) in [5, 5.41) is 4.55. The molecule has 152 valence electrons. The minimum atomic E-state index is 0.146. The Morgan fingerprint density at radius 3 is 2.68 bits per heavy atom. The second-order valence-corrected chi connectivity index (χ2v) is 8.71. The highest BCUT2D eigenvalue weighted by Crippen LogP contribution is 2.46. The van der Waals surface area contributed by atoms with Crippen LogP contribution in [-0.2, 0) is 11.8 Å². The number of rotatable bonds is 7. The normalized spacial score (nSPS) is 18.4. The first-order valence-electron chi connectivity index (χ1n) is 10.6. The van der Waals surface area contributed by atoms with E-state index in [9.17, 15) is 0 Å². The SMILES string of the molecule is CNc1c2c(nc3cc(OCCCN4CCCC4)c(OC)cc13)CCC2(C)C. The molecule has 1 aromatic heterocycles. The molecule has 1 N–H and O–H groups in total. The summed E-state index contributed by atoms with van der Waals surface area (Å²) in [5.74, 6) is 1.57. The number of benzene rings is 1. The number of hydrogen-bond acceptors (Lipinski definition) is 5. The van der Waals surface area contributed by atoms with Crippen molar-refractivity contribution in [3.63, 3.8) is 0 Å². The van der Waals surface area contributed by atoms with Crippen LogP contribution in [0.3, 0.4) is 0 Å². The molecule has 2 aromatic rings. The van der Waals surface area contributed by atoms with Crippen LogP contribution in [0.4, 0.5) is 5.69 Å². The van der Waals surface area contributed by atoms with Gasteiger partial charge in [0.25, 0.3) is 0 Å². The maximum atomic E-state index is 6.12. The van der Waals surface area contributed by atoms with Crippen molar-refractivity contribution in [3.05, 3.63) is 23.4 Å². The highest BCUT2D eigenvalue weighted by molar-refractivity contribution is 5.96. The Morgan fingerprint density at radius 1 is 1.18 bits per heavy atom. The van der Waals surface area contributed by atoms with Crippen molar-refractivity contribution in [1.29, 1.82) is 0 Å². The lowest BCUT2D eigenvalue weighted by Gasteiger charge is -2.23. The topological polar surface area (TPSA) is 46.6 Å². The van der Waals surface area contributed by atoms with Crippen LogP contribution in [0.5, 0.6) is 11.5 Å². The fourth-order valence-electron chi connectivity index (χ4n) is 4.80. The van der Waals surface area contributed by atoms with E-state index in [0.717, 1.165) is 48.2 Å². The number of methoxy groups -OCH3 is 1. The van der Waals surface area contributed by atoms with Gasteiger partial charge in [-0.15, -0.1) is 0 Å². The smallest absolute Gasteiger partial charge is 0.163 e. The first-order chi connectivity index (χ1) is 13.5. The van der Waals surface area contributed by atoms with Gasteiger partial charge in [0.05, 0.1) is 19.2 Å². The third kappa shape index (κ3) is 3.52. The van der Waals surface area contributed by atoms with Gasteiger partial charge in [-0.1, -0.05) is 13.8 Å². The largest absolute Gasteiger partial charge is 0.493 e. The average Bonchev–Trinajstić information content (AvgIpc) is 3.31. The summed E-state index contributed by atoms with van der Waals surface area (Å²) in [6, 6.07) is 4.13. The molecule has 28 heavy (non-hydrogen) atoms. The number of anilines is 1. The van der Waals surface area contributed by atoms with Crippen LogP contribution in [-0.4, -0.2) is 50.3 Å². The van der Waals surface area contributed by atoms with E-state index in [1.807, 2.05) is 7.05 Å². The molecule has 1 aliphatic carbocycles. The highest BCUT2D eigenvalue weighted by Gasteiger charge is 2.34. The molecule has 2 heterocycles. The van der Waals surface area contributed by atoms with Crippen molar-refractivity contribution in [3.8, 4) is 11.5 Å². The molecule has 0 saturated carbocycles. The van der Waals surface area contributed by atoms with E-state index in [0.29, 0.717) is 6.61 Å². The molecular weight excluding hydrogens is 350 g/mol. The predicted octanol–water partition coefficient (Wildman–Crippen LogP) is 4.37. The van der Waals surface area contributed by atoms with Gasteiger partial charge in [-0.25, -0.2) is 0 Å². The molecule has 2 aliphatic rings. The van der Waals surface area contributed by atoms with Crippen LogP contribution in [0.25, 0.3) is 10.9 Å². The van der Waals surface area contributed by atoms with Crippen LogP contribution in [0, 0.1) is 0 Å². The molecule has 1 saturated heterocycles. The Bertz CT molecular complexity index is 857. The molecule has 1 aromatic carbocycles. The number of aromatic nitrogens is 1. The third-order valence-electron chi connectivity index (χ3n) is 6.33. The molecule has 0 spiro atoms. The Hall–Kier alpha value is -2.01. The fraction of sp³-hybridized carbons (Fsp3) is 0.609. The lowest BCUT2D eigenvalue weighted by Crippen LogP contribution is -2.21. The average molecular weight is 384 g/mol. The minimum Gasteiger partial charge on any atom is -0.493 e. The number of fused-ring (bicyclic) bond motifs is 2. The van der Waals surface area contributed by atoms with Crippen LogP contribution in [0.1, 0.15) is 50.8 Å². The molecule has 0 unspecified atom stereocenters. The molecule has 0 atom stereocenters. The molecule has 0 bridgehead atoms. The number of pyridine rings is 1. The summed E-state index contributed by atoms with van der Waals surface area (Å²) in [6.45, 7) is 8.90. The van der Waals surface area contributed by atoms with E-state index in [4.69, 9.17) is 14.5 Å². The van der Waals surface area contributed by atoms with E-state index < -0.39 is 0 Å². The molecule has 5 nitrogen and oxygen atoms in total. The summed E-state index contributed by atoms with van der Waals surface area (Å²) in [7, 11) is 3.71. The van der Waals surface area contributed by atoms with Gasteiger partial charge in [0, 0.05) is 42.0 Å². The van der Waals surface area contributed by atoms with Crippen molar-refractivity contribution < 1.29 is 9.47 Å². The van der Waals surface area contributed by atoms with Crippen LogP contribution < -0.4 is 14.8 Å². The van der Waals surface area contributed by atoms with Crippen molar-refractivity contribution in [2.24, 2.45) is 0 Å². The van der Waals surface area contributed by atoms with Gasteiger partial charge in [-0.3, -0.25) is 4.98 Å². The van der Waals surface area contributed by atoms with E-state index in [1.54, 1.807) is 7.11 Å². The molecule has 1 fully saturated rings. The lowest BCUT2D eigenvalue weighted by molar-refractivity contribution is 0.254. The fourth-order valence-corrected chi connectivity index (χ4v) is 4.80. The Balaban J connectivity index is 1.60. The molecule has 4 rings (SSSR count). The maximum Gasteiger partial charge on any atom is 0.163 e.